The van der Waals surface area contributed by atoms with Crippen LogP contribution in [0.2, 0.25) is 0 Å². The van der Waals surface area contributed by atoms with E-state index in [0.29, 0.717) is 0 Å². The number of hydrogen-bond donors (Lipinski definition) is 0. The molecule has 0 atom stereocenters. The average molecular weight is 264 g/mol. The van der Waals surface area contributed by atoms with E-state index < -0.39 is 37.3 Å². The van der Waals surface area contributed by atoms with Crippen molar-refractivity contribution < 1.29 is 35.9 Å². The van der Waals surface area contributed by atoms with E-state index in [0.717, 1.165) is 6.08 Å². The van der Waals surface area contributed by atoms with Crippen LogP contribution < -0.4 is 0 Å². The van der Waals surface area contributed by atoms with Gasteiger partial charge in [-0.1, -0.05) is 6.08 Å². The summed E-state index contributed by atoms with van der Waals surface area (Å²) < 4.78 is 76.3. The normalized spacial score (nSPS) is 13.4. The molecule has 0 spiro atoms. The molecule has 0 saturated carbocycles. The van der Waals surface area contributed by atoms with Crippen molar-refractivity contribution in [2.24, 2.45) is 5.92 Å². The quantitative estimate of drug-likeness (QED) is 0.442. The van der Waals surface area contributed by atoms with Crippen LogP contribution in [-0.2, 0) is 9.53 Å². The van der Waals surface area contributed by atoms with E-state index in [4.69, 9.17) is 0 Å². The molecule has 0 aliphatic rings. The molecule has 8 heteroatoms. The highest BCUT2D eigenvalue weighted by atomic mass is 19.4. The second kappa shape index (κ2) is 5.92. The Hall–Kier alpha value is -1.21. The predicted octanol–water partition coefficient (Wildman–Crippen LogP) is 3.24. The minimum atomic E-state index is -5.40. The molecule has 0 radical (unpaired) electrons. The van der Waals surface area contributed by atoms with E-state index in [-0.39, 0.29) is 0 Å². The molecule has 0 aromatic rings. The first-order valence-corrected chi connectivity index (χ1v) is 4.52. The minimum absolute atomic E-state index is 0.899. The molecule has 0 rings (SSSR count). The summed E-state index contributed by atoms with van der Waals surface area (Å²) in [5.74, 6) is -4.45. The van der Waals surface area contributed by atoms with Gasteiger partial charge in [0.2, 0.25) is 0 Å². The summed E-state index contributed by atoms with van der Waals surface area (Å²) in [6, 6.07) is 0. The molecule has 0 fully saturated rings. The van der Waals surface area contributed by atoms with Crippen molar-refractivity contribution in [2.75, 3.05) is 6.61 Å². The molecule has 2 nitrogen and oxygen atoms in total. The Balaban J connectivity index is 4.35. The fourth-order valence-electron chi connectivity index (χ4n) is 0.974. The molecule has 0 heterocycles. The third-order valence-electron chi connectivity index (χ3n) is 1.74. The van der Waals surface area contributed by atoms with E-state index in [9.17, 15) is 31.1 Å². The highest BCUT2D eigenvalue weighted by Gasteiger charge is 2.56. The third-order valence-corrected chi connectivity index (χ3v) is 1.74. The minimum Gasteiger partial charge on any atom is -0.463 e. The van der Waals surface area contributed by atoms with Gasteiger partial charge in [-0.25, -0.2) is 4.79 Å². The molecular weight excluding hydrogens is 254 g/mol. The lowest BCUT2D eigenvalue weighted by Crippen LogP contribution is -2.37. The summed E-state index contributed by atoms with van der Waals surface area (Å²) in [7, 11) is 0. The zero-order chi connectivity index (χ0) is 13.7. The predicted molar refractivity (Wildman–Crippen MR) is 46.0 cm³/mol. The van der Waals surface area contributed by atoms with E-state index >= 15 is 0 Å². The van der Waals surface area contributed by atoms with Crippen LogP contribution in [0.5, 0.6) is 0 Å². The van der Waals surface area contributed by atoms with Crippen LogP contribution in [0.25, 0.3) is 0 Å². The number of esters is 1. The van der Waals surface area contributed by atoms with Crippen LogP contribution >= 0.6 is 0 Å². The number of rotatable bonds is 4. The number of hydrogen-bond acceptors (Lipinski definition) is 2. The first kappa shape index (κ1) is 15.8. The first-order chi connectivity index (χ1) is 7.59. The topological polar surface area (TPSA) is 26.3 Å². The lowest BCUT2D eigenvalue weighted by molar-refractivity contribution is -0.287. The van der Waals surface area contributed by atoms with Crippen LogP contribution in [0.15, 0.2) is 12.2 Å². The molecule has 0 aromatic heterocycles. The number of carbonyl (C=O) groups excluding carboxylic acids is 1. The fourth-order valence-corrected chi connectivity index (χ4v) is 0.974. The van der Waals surface area contributed by atoms with Crippen LogP contribution in [0.3, 0.4) is 0 Å². The van der Waals surface area contributed by atoms with Gasteiger partial charge in [0.05, 0.1) is 6.61 Å². The van der Waals surface area contributed by atoms with Gasteiger partial charge in [-0.3, -0.25) is 0 Å². The Kier molecular flexibility index (Phi) is 5.50. The molecule has 17 heavy (non-hydrogen) atoms. The van der Waals surface area contributed by atoms with Crippen molar-refractivity contribution in [1.29, 1.82) is 0 Å². The molecule has 0 bridgehead atoms. The summed E-state index contributed by atoms with van der Waals surface area (Å²) in [5.41, 5.74) is 0. The second-order valence-electron chi connectivity index (χ2n) is 3.09. The number of carbonyl (C=O) groups is 1. The van der Waals surface area contributed by atoms with Gasteiger partial charge < -0.3 is 4.74 Å². The monoisotopic (exact) mass is 264 g/mol. The summed E-state index contributed by atoms with van der Waals surface area (Å²) in [5, 5.41) is 0. The van der Waals surface area contributed by atoms with Gasteiger partial charge in [-0.2, -0.15) is 26.3 Å². The second-order valence-corrected chi connectivity index (χ2v) is 3.09. The standard InChI is InChI=1S/C9H10F6O2/c1-2-3-7(16)17-5-4-6(8(10,11)12)9(13,14)15/h2-3,6H,4-5H2,1H3. The Morgan fingerprint density at radius 1 is 1.18 bits per heavy atom. The van der Waals surface area contributed by atoms with Crippen molar-refractivity contribution in [3.8, 4) is 0 Å². The van der Waals surface area contributed by atoms with Crippen molar-refractivity contribution >= 4 is 5.97 Å². The lowest BCUT2D eigenvalue weighted by Gasteiger charge is -2.22. The van der Waals surface area contributed by atoms with Gasteiger partial charge in [-0.05, 0) is 6.92 Å². The molecule has 0 N–H and O–H groups in total. The van der Waals surface area contributed by atoms with Crippen molar-refractivity contribution in [3.63, 3.8) is 0 Å². The lowest BCUT2D eigenvalue weighted by atomic mass is 10.1. The van der Waals surface area contributed by atoms with Crippen molar-refractivity contribution in [1.82, 2.24) is 0 Å². The zero-order valence-electron chi connectivity index (χ0n) is 8.73. The van der Waals surface area contributed by atoms with Gasteiger partial charge >= 0.3 is 18.3 Å². The van der Waals surface area contributed by atoms with Gasteiger partial charge in [0.1, 0.15) is 0 Å². The molecule has 0 unspecified atom stereocenters. The molecule has 0 aliphatic carbocycles. The van der Waals surface area contributed by atoms with Gasteiger partial charge in [0.25, 0.3) is 0 Å². The van der Waals surface area contributed by atoms with E-state index in [1.807, 2.05) is 0 Å². The van der Waals surface area contributed by atoms with Gasteiger partial charge in [-0.15, -0.1) is 0 Å². The summed E-state index contributed by atoms with van der Waals surface area (Å²) in [6.07, 6.45) is -9.98. The van der Waals surface area contributed by atoms with Crippen molar-refractivity contribution in [2.45, 2.75) is 25.7 Å². The highest BCUT2D eigenvalue weighted by molar-refractivity contribution is 5.81. The molecule has 0 saturated heterocycles. The number of alkyl halides is 6. The van der Waals surface area contributed by atoms with Gasteiger partial charge in [0.15, 0.2) is 5.92 Å². The first-order valence-electron chi connectivity index (χ1n) is 4.52. The van der Waals surface area contributed by atoms with Crippen LogP contribution in [0, 0.1) is 5.92 Å². The maximum Gasteiger partial charge on any atom is 0.400 e. The summed E-state index contributed by atoms with van der Waals surface area (Å²) in [6.45, 7) is 0.516. The van der Waals surface area contributed by atoms with E-state index in [2.05, 4.69) is 4.74 Å². The Morgan fingerprint density at radius 2 is 1.65 bits per heavy atom. The van der Waals surface area contributed by atoms with Crippen molar-refractivity contribution in [3.05, 3.63) is 12.2 Å². The number of halogens is 6. The Labute approximate surface area is 93.2 Å². The van der Waals surface area contributed by atoms with E-state index in [1.165, 1.54) is 13.0 Å². The Morgan fingerprint density at radius 3 is 2.00 bits per heavy atom. The number of allylic oxidation sites excluding steroid dienone is 1. The van der Waals surface area contributed by atoms with Crippen LogP contribution in [0.4, 0.5) is 26.3 Å². The molecule has 0 amide bonds. The molecular formula is C9H10F6O2. The largest absolute Gasteiger partial charge is 0.463 e. The summed E-state index contributed by atoms with van der Waals surface area (Å²) in [4.78, 5) is 10.7. The molecule has 0 aliphatic heterocycles. The molecule has 100 valence electrons. The zero-order valence-corrected chi connectivity index (χ0v) is 8.73. The maximum absolute atomic E-state index is 12.0. The van der Waals surface area contributed by atoms with E-state index in [1.54, 1.807) is 0 Å². The van der Waals surface area contributed by atoms with Crippen LogP contribution in [-0.4, -0.2) is 24.9 Å². The fraction of sp³-hybridized carbons (Fsp3) is 0.667. The highest BCUT2D eigenvalue weighted by Crippen LogP contribution is 2.41. The third kappa shape index (κ3) is 6.18. The smallest absolute Gasteiger partial charge is 0.400 e. The maximum atomic E-state index is 12.0. The summed E-state index contributed by atoms with van der Waals surface area (Å²) >= 11 is 0. The van der Waals surface area contributed by atoms with Crippen LogP contribution in [0.1, 0.15) is 13.3 Å². The average Bonchev–Trinajstić information content (AvgIpc) is 2.08. The number of ether oxygens (including phenoxy) is 1. The Bertz CT molecular complexity index is 264. The SMILES string of the molecule is CC=CC(=O)OCCC(C(F)(F)F)C(F)(F)F. The van der Waals surface area contributed by atoms with Gasteiger partial charge in [0, 0.05) is 12.5 Å². The molecule has 0 aromatic carbocycles.